The van der Waals surface area contributed by atoms with Crippen LogP contribution in [0.3, 0.4) is 0 Å². The third-order valence-electron chi connectivity index (χ3n) is 2.27. The number of methoxy groups -OCH3 is 2. The lowest BCUT2D eigenvalue weighted by Crippen LogP contribution is -2.45. The molecule has 0 aliphatic carbocycles. The van der Waals surface area contributed by atoms with E-state index < -0.39 is 23.9 Å². The SMILES string of the molecule is COCCNCC(=O)N[C@@H](CCC(=O)OC)C(=O)O. The Kier molecular flexibility index (Phi) is 9.37. The lowest BCUT2D eigenvalue weighted by atomic mass is 10.1. The summed E-state index contributed by atoms with van der Waals surface area (Å²) >= 11 is 0. The number of carbonyl (C=O) groups is 3. The lowest BCUT2D eigenvalue weighted by molar-refractivity contribution is -0.144. The van der Waals surface area contributed by atoms with Gasteiger partial charge in [0.25, 0.3) is 0 Å². The quantitative estimate of drug-likeness (QED) is 0.337. The van der Waals surface area contributed by atoms with Gasteiger partial charge >= 0.3 is 11.9 Å². The molecule has 0 spiro atoms. The van der Waals surface area contributed by atoms with E-state index in [0.717, 1.165) is 0 Å². The average Bonchev–Trinajstić information content (AvgIpc) is 2.38. The Morgan fingerprint density at radius 3 is 2.47 bits per heavy atom. The van der Waals surface area contributed by atoms with Gasteiger partial charge in [-0.05, 0) is 6.42 Å². The van der Waals surface area contributed by atoms with Gasteiger partial charge in [0, 0.05) is 20.1 Å². The molecule has 0 aromatic heterocycles. The average molecular weight is 276 g/mol. The molecule has 0 aliphatic rings. The van der Waals surface area contributed by atoms with Crippen molar-refractivity contribution in [1.29, 1.82) is 0 Å². The molecule has 8 heteroatoms. The number of ether oxygens (including phenoxy) is 2. The van der Waals surface area contributed by atoms with Gasteiger partial charge in [-0.15, -0.1) is 0 Å². The normalized spacial score (nSPS) is 11.7. The molecule has 0 saturated carbocycles. The molecule has 0 rings (SSSR count). The molecular weight excluding hydrogens is 256 g/mol. The second kappa shape index (κ2) is 10.3. The van der Waals surface area contributed by atoms with Crippen molar-refractivity contribution in [3.8, 4) is 0 Å². The Bertz CT molecular complexity index is 308. The van der Waals surface area contributed by atoms with Crippen LogP contribution in [0, 0.1) is 0 Å². The second-order valence-corrected chi connectivity index (χ2v) is 3.74. The fourth-order valence-electron chi connectivity index (χ4n) is 1.24. The summed E-state index contributed by atoms with van der Waals surface area (Å²) in [5.74, 6) is -2.15. The van der Waals surface area contributed by atoms with Crippen LogP contribution < -0.4 is 10.6 Å². The first-order chi connectivity index (χ1) is 9.01. The minimum absolute atomic E-state index is 0.00812. The Morgan fingerprint density at radius 2 is 1.95 bits per heavy atom. The highest BCUT2D eigenvalue weighted by Gasteiger charge is 2.20. The summed E-state index contributed by atoms with van der Waals surface area (Å²) < 4.78 is 9.19. The molecule has 0 saturated heterocycles. The minimum atomic E-state index is -1.19. The van der Waals surface area contributed by atoms with E-state index in [1.54, 1.807) is 0 Å². The van der Waals surface area contributed by atoms with Crippen molar-refractivity contribution in [3.63, 3.8) is 0 Å². The maximum Gasteiger partial charge on any atom is 0.326 e. The van der Waals surface area contributed by atoms with Gasteiger partial charge in [0.05, 0.1) is 20.3 Å². The predicted molar refractivity (Wildman–Crippen MR) is 65.6 cm³/mol. The first-order valence-electron chi connectivity index (χ1n) is 5.80. The van der Waals surface area contributed by atoms with E-state index in [4.69, 9.17) is 9.84 Å². The van der Waals surface area contributed by atoms with Crippen LogP contribution in [-0.4, -0.2) is 62.9 Å². The Labute approximate surface area is 111 Å². The molecule has 1 atom stereocenters. The topological polar surface area (TPSA) is 114 Å². The molecule has 0 bridgehead atoms. The summed E-state index contributed by atoms with van der Waals surface area (Å²) in [6.45, 7) is 0.938. The Morgan fingerprint density at radius 1 is 1.26 bits per heavy atom. The van der Waals surface area contributed by atoms with Gasteiger partial charge in [0.2, 0.25) is 5.91 Å². The summed E-state index contributed by atoms with van der Waals surface area (Å²) in [7, 11) is 2.76. The van der Waals surface area contributed by atoms with Gasteiger partial charge < -0.3 is 25.2 Å². The number of carboxylic acid groups (broad SMARTS) is 1. The molecule has 0 aromatic rings. The standard InChI is InChI=1S/C11H20N2O6/c1-18-6-5-12-7-9(14)13-8(11(16)17)3-4-10(15)19-2/h8,12H,3-7H2,1-2H3,(H,13,14)(H,16,17)/t8-/m0/s1. The highest BCUT2D eigenvalue weighted by Crippen LogP contribution is 1.99. The van der Waals surface area contributed by atoms with Crippen LogP contribution in [0.1, 0.15) is 12.8 Å². The zero-order valence-corrected chi connectivity index (χ0v) is 11.1. The number of rotatable bonds is 10. The Balaban J connectivity index is 4.01. The number of esters is 1. The minimum Gasteiger partial charge on any atom is -0.480 e. The number of amides is 1. The van der Waals surface area contributed by atoms with Crippen molar-refractivity contribution in [2.75, 3.05) is 33.9 Å². The lowest BCUT2D eigenvalue weighted by Gasteiger charge is -2.14. The predicted octanol–water partition coefficient (Wildman–Crippen LogP) is -1.25. The van der Waals surface area contributed by atoms with Crippen LogP contribution in [0.5, 0.6) is 0 Å². The molecule has 0 aliphatic heterocycles. The summed E-state index contributed by atoms with van der Waals surface area (Å²) in [6.07, 6.45) is -0.0728. The number of nitrogens with one attached hydrogen (secondary N) is 2. The molecule has 8 nitrogen and oxygen atoms in total. The Hall–Kier alpha value is -1.67. The zero-order valence-electron chi connectivity index (χ0n) is 11.1. The van der Waals surface area contributed by atoms with Crippen molar-refractivity contribution in [2.24, 2.45) is 0 Å². The highest BCUT2D eigenvalue weighted by molar-refractivity contribution is 5.85. The van der Waals surface area contributed by atoms with E-state index in [2.05, 4.69) is 15.4 Å². The van der Waals surface area contributed by atoms with Crippen LogP contribution >= 0.6 is 0 Å². The molecule has 3 N–H and O–H groups in total. The molecule has 0 radical (unpaired) electrons. The van der Waals surface area contributed by atoms with Crippen molar-refractivity contribution < 1.29 is 29.0 Å². The first kappa shape index (κ1) is 17.3. The maximum absolute atomic E-state index is 11.4. The summed E-state index contributed by atoms with van der Waals surface area (Å²) in [4.78, 5) is 33.3. The van der Waals surface area contributed by atoms with Gasteiger partial charge in [0.1, 0.15) is 6.04 Å². The second-order valence-electron chi connectivity index (χ2n) is 3.74. The molecule has 19 heavy (non-hydrogen) atoms. The van der Waals surface area contributed by atoms with Crippen LogP contribution in [0.2, 0.25) is 0 Å². The molecule has 0 fully saturated rings. The van der Waals surface area contributed by atoms with Crippen molar-refractivity contribution in [1.82, 2.24) is 10.6 Å². The van der Waals surface area contributed by atoms with E-state index >= 15 is 0 Å². The van der Waals surface area contributed by atoms with Crippen molar-refractivity contribution >= 4 is 17.8 Å². The molecular formula is C11H20N2O6. The fraction of sp³-hybridized carbons (Fsp3) is 0.727. The smallest absolute Gasteiger partial charge is 0.326 e. The highest BCUT2D eigenvalue weighted by atomic mass is 16.5. The van der Waals surface area contributed by atoms with Gasteiger partial charge in [-0.25, -0.2) is 4.79 Å². The molecule has 0 heterocycles. The van der Waals surface area contributed by atoms with Crippen LogP contribution in [-0.2, 0) is 23.9 Å². The van der Waals surface area contributed by atoms with E-state index in [1.165, 1.54) is 14.2 Å². The monoisotopic (exact) mass is 276 g/mol. The van der Waals surface area contributed by atoms with Crippen LogP contribution in [0.4, 0.5) is 0 Å². The number of hydrogen-bond donors (Lipinski definition) is 3. The van der Waals surface area contributed by atoms with E-state index in [9.17, 15) is 14.4 Å². The maximum atomic E-state index is 11.4. The van der Waals surface area contributed by atoms with Gasteiger partial charge in [-0.2, -0.15) is 0 Å². The van der Waals surface area contributed by atoms with Gasteiger partial charge in [0.15, 0.2) is 0 Å². The summed E-state index contributed by atoms with van der Waals surface area (Å²) in [5, 5.41) is 14.0. The molecule has 0 unspecified atom stereocenters. The van der Waals surface area contributed by atoms with Crippen LogP contribution in [0.25, 0.3) is 0 Å². The third kappa shape index (κ3) is 8.97. The number of hydrogen-bond acceptors (Lipinski definition) is 6. The van der Waals surface area contributed by atoms with Gasteiger partial charge in [-0.1, -0.05) is 0 Å². The fourth-order valence-corrected chi connectivity index (χ4v) is 1.24. The van der Waals surface area contributed by atoms with Crippen molar-refractivity contribution in [2.45, 2.75) is 18.9 Å². The molecule has 110 valence electrons. The van der Waals surface area contributed by atoms with Gasteiger partial charge in [-0.3, -0.25) is 9.59 Å². The number of carboxylic acids is 1. The zero-order chi connectivity index (χ0) is 14.7. The number of aliphatic carboxylic acids is 1. The van der Waals surface area contributed by atoms with E-state index in [1.807, 2.05) is 0 Å². The summed E-state index contributed by atoms with van der Waals surface area (Å²) in [6, 6.07) is -1.10. The molecule has 0 aromatic carbocycles. The van der Waals surface area contributed by atoms with Crippen molar-refractivity contribution in [3.05, 3.63) is 0 Å². The first-order valence-corrected chi connectivity index (χ1v) is 5.80. The van der Waals surface area contributed by atoms with E-state index in [0.29, 0.717) is 13.2 Å². The third-order valence-corrected chi connectivity index (χ3v) is 2.27. The van der Waals surface area contributed by atoms with E-state index in [-0.39, 0.29) is 19.4 Å². The largest absolute Gasteiger partial charge is 0.480 e. The van der Waals surface area contributed by atoms with Crippen LogP contribution in [0.15, 0.2) is 0 Å². The number of carbonyl (C=O) groups excluding carboxylic acids is 2. The summed E-state index contributed by atoms with van der Waals surface area (Å²) in [5.41, 5.74) is 0. The molecule has 1 amide bonds.